The van der Waals surface area contributed by atoms with Crippen LogP contribution in [0.3, 0.4) is 0 Å². The van der Waals surface area contributed by atoms with Crippen LogP contribution in [-0.2, 0) is 11.3 Å². The molecule has 0 saturated carbocycles. The molecule has 0 aromatic carbocycles. The van der Waals surface area contributed by atoms with Crippen LogP contribution in [0.1, 0.15) is 0 Å². The Bertz CT molecular complexity index is 1090. The van der Waals surface area contributed by atoms with E-state index in [2.05, 4.69) is 20.3 Å². The molecule has 0 aliphatic rings. The number of amides is 1. The second kappa shape index (κ2) is 6.54. The third-order valence-electron chi connectivity index (χ3n) is 3.51. The number of carbonyl (C=O) groups excluding carboxylic acids is 1. The molecule has 1 amide bonds. The van der Waals surface area contributed by atoms with Crippen LogP contribution in [0.15, 0.2) is 52.6 Å². The number of hydrogen-bond donors (Lipinski definition) is 1. The molecule has 4 aromatic heterocycles. The summed E-state index contributed by atoms with van der Waals surface area (Å²) in [6, 6.07) is 5.48. The molecule has 124 valence electrons. The van der Waals surface area contributed by atoms with Gasteiger partial charge in [-0.15, -0.1) is 22.7 Å². The largest absolute Gasteiger partial charge is 0.309 e. The third-order valence-corrected chi connectivity index (χ3v) is 5.30. The molecule has 0 atom stereocenters. The van der Waals surface area contributed by atoms with Crippen LogP contribution in [0.2, 0.25) is 0 Å². The molecular weight excluding hydrogens is 358 g/mol. The molecule has 0 fully saturated rings. The van der Waals surface area contributed by atoms with Crippen LogP contribution in [0.25, 0.3) is 20.7 Å². The highest BCUT2D eigenvalue weighted by Crippen LogP contribution is 2.33. The van der Waals surface area contributed by atoms with Gasteiger partial charge in [-0.1, -0.05) is 6.07 Å². The van der Waals surface area contributed by atoms with E-state index < -0.39 is 0 Å². The van der Waals surface area contributed by atoms with Crippen molar-refractivity contribution in [2.75, 3.05) is 5.32 Å². The van der Waals surface area contributed by atoms with Gasteiger partial charge in [0.1, 0.15) is 23.5 Å². The summed E-state index contributed by atoms with van der Waals surface area (Å²) in [5.74, 6) is 0.0340. The summed E-state index contributed by atoms with van der Waals surface area (Å²) in [6.45, 7) is -0.133. The Balaban J connectivity index is 1.66. The molecule has 0 aliphatic carbocycles. The zero-order valence-corrected chi connectivity index (χ0v) is 14.4. The third kappa shape index (κ3) is 3.06. The fourth-order valence-corrected chi connectivity index (χ4v) is 4.12. The highest BCUT2D eigenvalue weighted by atomic mass is 32.1. The van der Waals surface area contributed by atoms with Gasteiger partial charge < -0.3 is 5.32 Å². The summed E-state index contributed by atoms with van der Waals surface area (Å²) in [7, 11) is 0. The average molecular weight is 369 g/mol. The first-order valence-electron chi connectivity index (χ1n) is 7.29. The highest BCUT2D eigenvalue weighted by Gasteiger charge is 2.15. The summed E-state index contributed by atoms with van der Waals surface area (Å²) in [6.07, 6.45) is 4.27. The maximum atomic E-state index is 12.8. The van der Waals surface area contributed by atoms with Crippen LogP contribution in [0, 0.1) is 0 Å². The van der Waals surface area contributed by atoms with Gasteiger partial charge in [0.25, 0.3) is 5.56 Å². The quantitative estimate of drug-likeness (QED) is 0.597. The number of anilines is 1. The smallest absolute Gasteiger partial charge is 0.263 e. The van der Waals surface area contributed by atoms with Gasteiger partial charge in [-0.05, 0) is 17.5 Å². The molecule has 4 heterocycles. The number of thiophene rings is 2. The molecule has 0 unspecified atom stereocenters. The predicted octanol–water partition coefficient (Wildman–Crippen LogP) is 2.62. The number of rotatable bonds is 4. The number of aromatic nitrogens is 4. The molecule has 0 radical (unpaired) electrons. The Morgan fingerprint density at radius 3 is 2.92 bits per heavy atom. The summed E-state index contributed by atoms with van der Waals surface area (Å²) in [5.41, 5.74) is 0.630. The first kappa shape index (κ1) is 15.6. The molecule has 0 saturated heterocycles. The fourth-order valence-electron chi connectivity index (χ4n) is 2.40. The van der Waals surface area contributed by atoms with Gasteiger partial charge in [-0.2, -0.15) is 0 Å². The van der Waals surface area contributed by atoms with Crippen LogP contribution in [0.5, 0.6) is 0 Å². The van der Waals surface area contributed by atoms with E-state index in [1.54, 1.807) is 17.4 Å². The summed E-state index contributed by atoms with van der Waals surface area (Å²) in [5, 5.41) is 7.06. The van der Waals surface area contributed by atoms with E-state index in [0.717, 1.165) is 10.4 Å². The molecule has 9 heteroatoms. The van der Waals surface area contributed by atoms with Crippen LogP contribution in [-0.4, -0.2) is 25.4 Å². The van der Waals surface area contributed by atoms with Gasteiger partial charge in [0, 0.05) is 22.0 Å². The van der Waals surface area contributed by atoms with Crippen molar-refractivity contribution >= 4 is 44.6 Å². The molecule has 0 spiro atoms. The number of nitrogens with zero attached hydrogens (tertiary/aromatic N) is 4. The van der Waals surface area contributed by atoms with Crippen molar-refractivity contribution in [2.45, 2.75) is 6.54 Å². The Morgan fingerprint density at radius 1 is 1.24 bits per heavy atom. The monoisotopic (exact) mass is 369 g/mol. The van der Waals surface area contributed by atoms with Gasteiger partial charge in [0.2, 0.25) is 5.91 Å². The summed E-state index contributed by atoms with van der Waals surface area (Å²) in [4.78, 5) is 38.7. The molecule has 4 rings (SSSR count). The lowest BCUT2D eigenvalue weighted by atomic mass is 10.2. The van der Waals surface area contributed by atoms with E-state index >= 15 is 0 Å². The SMILES string of the molecule is O=C(Cn1cnc2scc(-c3cccs3)c2c1=O)Nc1ccncn1. The van der Waals surface area contributed by atoms with Crippen molar-refractivity contribution < 1.29 is 4.79 Å². The van der Waals surface area contributed by atoms with Crippen molar-refractivity contribution in [3.63, 3.8) is 0 Å². The summed E-state index contributed by atoms with van der Waals surface area (Å²) >= 11 is 2.98. The first-order valence-corrected chi connectivity index (χ1v) is 9.04. The molecule has 0 aliphatic heterocycles. The number of hydrogen-bond acceptors (Lipinski definition) is 7. The average Bonchev–Trinajstić information content (AvgIpc) is 3.27. The van der Waals surface area contributed by atoms with E-state index in [9.17, 15) is 9.59 Å². The van der Waals surface area contributed by atoms with Crippen molar-refractivity contribution in [3.8, 4) is 10.4 Å². The highest BCUT2D eigenvalue weighted by molar-refractivity contribution is 7.18. The van der Waals surface area contributed by atoms with E-state index in [1.165, 1.54) is 34.8 Å². The lowest BCUT2D eigenvalue weighted by Gasteiger charge is -2.06. The number of carbonyl (C=O) groups is 1. The number of fused-ring (bicyclic) bond motifs is 1. The minimum atomic E-state index is -0.352. The molecule has 7 nitrogen and oxygen atoms in total. The minimum Gasteiger partial charge on any atom is -0.309 e. The van der Waals surface area contributed by atoms with Crippen molar-refractivity contribution in [2.24, 2.45) is 0 Å². The zero-order chi connectivity index (χ0) is 17.2. The maximum absolute atomic E-state index is 12.8. The van der Waals surface area contributed by atoms with Crippen molar-refractivity contribution in [1.82, 2.24) is 19.5 Å². The van der Waals surface area contributed by atoms with Crippen LogP contribution in [0.4, 0.5) is 5.82 Å². The molecule has 25 heavy (non-hydrogen) atoms. The Hall–Kier alpha value is -2.91. The van der Waals surface area contributed by atoms with Crippen LogP contribution < -0.4 is 10.9 Å². The van der Waals surface area contributed by atoms with Gasteiger partial charge in [-0.3, -0.25) is 14.2 Å². The topological polar surface area (TPSA) is 89.8 Å². The Kier molecular flexibility index (Phi) is 4.08. The van der Waals surface area contributed by atoms with Gasteiger partial charge >= 0.3 is 0 Å². The first-order chi connectivity index (χ1) is 12.2. The zero-order valence-electron chi connectivity index (χ0n) is 12.7. The fraction of sp³-hybridized carbons (Fsp3) is 0.0625. The van der Waals surface area contributed by atoms with E-state index in [0.29, 0.717) is 16.0 Å². The molecule has 0 bridgehead atoms. The van der Waals surface area contributed by atoms with E-state index in [1.807, 2.05) is 22.9 Å². The van der Waals surface area contributed by atoms with E-state index in [-0.39, 0.29) is 18.0 Å². The molecule has 4 aromatic rings. The Labute approximate surface area is 149 Å². The van der Waals surface area contributed by atoms with E-state index in [4.69, 9.17) is 0 Å². The van der Waals surface area contributed by atoms with Gasteiger partial charge in [0.15, 0.2) is 0 Å². The lowest BCUT2D eigenvalue weighted by Crippen LogP contribution is -2.28. The lowest BCUT2D eigenvalue weighted by molar-refractivity contribution is -0.116. The van der Waals surface area contributed by atoms with Gasteiger partial charge in [-0.25, -0.2) is 15.0 Å². The summed E-state index contributed by atoms with van der Waals surface area (Å²) < 4.78 is 1.31. The van der Waals surface area contributed by atoms with Crippen molar-refractivity contribution in [3.05, 3.63) is 58.2 Å². The Morgan fingerprint density at radius 2 is 2.16 bits per heavy atom. The standard InChI is InChI=1S/C16H11N5O2S2/c22-13(20-12-3-4-17-8-18-12)6-21-9-19-15-14(16(21)23)10(7-25-15)11-2-1-5-24-11/h1-5,7-9H,6H2,(H,17,18,20,22). The predicted molar refractivity (Wildman–Crippen MR) is 97.9 cm³/mol. The second-order valence-electron chi connectivity index (χ2n) is 5.13. The normalized spacial score (nSPS) is 10.9. The van der Waals surface area contributed by atoms with Crippen LogP contribution >= 0.6 is 22.7 Å². The second-order valence-corrected chi connectivity index (χ2v) is 6.93. The maximum Gasteiger partial charge on any atom is 0.263 e. The van der Waals surface area contributed by atoms with Gasteiger partial charge in [0.05, 0.1) is 11.7 Å². The minimum absolute atomic E-state index is 0.133. The molecular formula is C16H11N5O2S2. The number of nitrogens with one attached hydrogen (secondary N) is 1. The van der Waals surface area contributed by atoms with Crippen molar-refractivity contribution in [1.29, 1.82) is 0 Å². The molecule has 1 N–H and O–H groups in total.